The highest BCUT2D eigenvalue weighted by atomic mass is 16.3. The summed E-state index contributed by atoms with van der Waals surface area (Å²) in [6.45, 7) is 3.70. The van der Waals surface area contributed by atoms with Crippen LogP contribution in [0.3, 0.4) is 0 Å². The third-order valence-corrected chi connectivity index (χ3v) is 3.32. The average molecular weight is 264 g/mol. The van der Waals surface area contributed by atoms with Gasteiger partial charge in [0.1, 0.15) is 11.0 Å². The third kappa shape index (κ3) is 1.69. The Kier molecular flexibility index (Phi) is 2.21. The van der Waals surface area contributed by atoms with E-state index in [1.807, 2.05) is 50.2 Å². The SMILES string of the molecule is Cc1nc2cc(-c3ccc4nc(C)oc4c3)ccc2o1. The molecule has 4 aromatic rings. The lowest BCUT2D eigenvalue weighted by molar-refractivity contribution is 0.560. The van der Waals surface area contributed by atoms with E-state index >= 15 is 0 Å². The van der Waals surface area contributed by atoms with Crippen LogP contribution in [-0.2, 0) is 0 Å². The van der Waals surface area contributed by atoms with E-state index < -0.39 is 0 Å². The Balaban J connectivity index is 1.90. The van der Waals surface area contributed by atoms with Gasteiger partial charge in [-0.3, -0.25) is 0 Å². The molecule has 4 nitrogen and oxygen atoms in total. The van der Waals surface area contributed by atoms with Gasteiger partial charge in [-0.15, -0.1) is 0 Å². The second-order valence-electron chi connectivity index (χ2n) is 4.83. The monoisotopic (exact) mass is 264 g/mol. The third-order valence-electron chi connectivity index (χ3n) is 3.32. The summed E-state index contributed by atoms with van der Waals surface area (Å²) >= 11 is 0. The maximum absolute atomic E-state index is 5.58. The Morgan fingerprint density at radius 1 is 0.700 bits per heavy atom. The summed E-state index contributed by atoms with van der Waals surface area (Å²) in [7, 11) is 0. The highest BCUT2D eigenvalue weighted by Crippen LogP contribution is 2.27. The molecule has 0 unspecified atom stereocenters. The number of oxazole rings is 2. The molecule has 20 heavy (non-hydrogen) atoms. The topological polar surface area (TPSA) is 52.1 Å². The molecule has 0 aliphatic heterocycles. The molecule has 0 N–H and O–H groups in total. The van der Waals surface area contributed by atoms with Crippen LogP contribution in [0.5, 0.6) is 0 Å². The lowest BCUT2D eigenvalue weighted by Gasteiger charge is -2.00. The van der Waals surface area contributed by atoms with Crippen LogP contribution in [0.2, 0.25) is 0 Å². The van der Waals surface area contributed by atoms with Gasteiger partial charge in [-0.25, -0.2) is 9.97 Å². The molecular weight excluding hydrogens is 252 g/mol. The number of hydrogen-bond donors (Lipinski definition) is 0. The molecule has 0 spiro atoms. The van der Waals surface area contributed by atoms with Crippen molar-refractivity contribution >= 4 is 22.2 Å². The summed E-state index contributed by atoms with van der Waals surface area (Å²) in [6, 6.07) is 12.0. The van der Waals surface area contributed by atoms with Crippen molar-refractivity contribution in [3.63, 3.8) is 0 Å². The molecule has 0 amide bonds. The predicted octanol–water partition coefficient (Wildman–Crippen LogP) is 4.25. The number of aromatic nitrogens is 2. The van der Waals surface area contributed by atoms with Crippen LogP contribution in [0.4, 0.5) is 0 Å². The van der Waals surface area contributed by atoms with E-state index in [1.165, 1.54) is 0 Å². The molecule has 2 heterocycles. The number of aryl methyl sites for hydroxylation is 2. The second kappa shape index (κ2) is 3.93. The first-order valence-electron chi connectivity index (χ1n) is 6.44. The quantitative estimate of drug-likeness (QED) is 0.515. The molecular formula is C16H12N2O2. The number of benzene rings is 2. The van der Waals surface area contributed by atoms with E-state index in [0.29, 0.717) is 11.8 Å². The molecule has 2 aromatic carbocycles. The summed E-state index contributed by atoms with van der Waals surface area (Å²) in [5, 5.41) is 0. The fourth-order valence-corrected chi connectivity index (χ4v) is 2.44. The van der Waals surface area contributed by atoms with Gasteiger partial charge in [0, 0.05) is 13.8 Å². The van der Waals surface area contributed by atoms with Crippen molar-refractivity contribution in [2.45, 2.75) is 13.8 Å². The first-order chi connectivity index (χ1) is 9.69. The van der Waals surface area contributed by atoms with Crippen molar-refractivity contribution in [1.82, 2.24) is 9.97 Å². The van der Waals surface area contributed by atoms with Gasteiger partial charge in [-0.2, -0.15) is 0 Å². The van der Waals surface area contributed by atoms with Gasteiger partial charge < -0.3 is 8.83 Å². The molecule has 0 saturated heterocycles. The molecule has 2 aromatic heterocycles. The molecule has 0 radical (unpaired) electrons. The summed E-state index contributed by atoms with van der Waals surface area (Å²) in [5.74, 6) is 1.36. The van der Waals surface area contributed by atoms with E-state index in [2.05, 4.69) is 9.97 Å². The number of hydrogen-bond acceptors (Lipinski definition) is 4. The number of fused-ring (bicyclic) bond motifs is 2. The maximum atomic E-state index is 5.58. The van der Waals surface area contributed by atoms with Gasteiger partial charge in [0.15, 0.2) is 22.9 Å². The molecule has 0 fully saturated rings. The van der Waals surface area contributed by atoms with Crippen molar-refractivity contribution in [1.29, 1.82) is 0 Å². The van der Waals surface area contributed by atoms with Crippen LogP contribution in [-0.4, -0.2) is 9.97 Å². The zero-order valence-electron chi connectivity index (χ0n) is 11.2. The minimum Gasteiger partial charge on any atom is -0.441 e. The molecule has 0 atom stereocenters. The average Bonchev–Trinajstić information content (AvgIpc) is 2.97. The number of rotatable bonds is 1. The molecule has 0 aliphatic carbocycles. The predicted molar refractivity (Wildman–Crippen MR) is 76.5 cm³/mol. The van der Waals surface area contributed by atoms with Gasteiger partial charge in [-0.1, -0.05) is 12.1 Å². The van der Waals surface area contributed by atoms with Crippen LogP contribution in [0.1, 0.15) is 11.8 Å². The highest BCUT2D eigenvalue weighted by Gasteiger charge is 2.07. The minimum atomic E-state index is 0.679. The van der Waals surface area contributed by atoms with Gasteiger partial charge >= 0.3 is 0 Å². The van der Waals surface area contributed by atoms with Crippen LogP contribution in [0, 0.1) is 13.8 Å². The van der Waals surface area contributed by atoms with Crippen molar-refractivity contribution in [2.75, 3.05) is 0 Å². The number of nitrogens with zero attached hydrogens (tertiary/aromatic N) is 2. The standard InChI is InChI=1S/C16H12N2O2/c1-9-17-13-5-3-12(8-16(13)20-9)11-4-6-15-14(7-11)18-10(2)19-15/h3-8H,1-2H3. The molecule has 4 heteroatoms. The summed E-state index contributed by atoms with van der Waals surface area (Å²) in [5.41, 5.74) is 5.52. The smallest absolute Gasteiger partial charge is 0.192 e. The van der Waals surface area contributed by atoms with E-state index in [0.717, 1.165) is 33.3 Å². The first-order valence-corrected chi connectivity index (χ1v) is 6.44. The van der Waals surface area contributed by atoms with Gasteiger partial charge in [0.25, 0.3) is 0 Å². The Morgan fingerprint density at radius 3 is 2.20 bits per heavy atom. The molecule has 0 saturated carbocycles. The first kappa shape index (κ1) is 11.2. The van der Waals surface area contributed by atoms with Crippen LogP contribution >= 0.6 is 0 Å². The summed E-state index contributed by atoms with van der Waals surface area (Å²) in [4.78, 5) is 8.67. The van der Waals surface area contributed by atoms with Crippen molar-refractivity contribution < 1.29 is 8.83 Å². The molecule has 0 aliphatic rings. The molecule has 0 bridgehead atoms. The van der Waals surface area contributed by atoms with Crippen molar-refractivity contribution in [3.8, 4) is 11.1 Å². The van der Waals surface area contributed by atoms with Crippen molar-refractivity contribution in [3.05, 3.63) is 48.2 Å². The van der Waals surface area contributed by atoms with Gasteiger partial charge in [0.05, 0.1) is 0 Å². The Labute approximate surface area is 115 Å². The van der Waals surface area contributed by atoms with Crippen molar-refractivity contribution in [2.24, 2.45) is 0 Å². The zero-order valence-corrected chi connectivity index (χ0v) is 11.2. The largest absolute Gasteiger partial charge is 0.441 e. The normalized spacial score (nSPS) is 11.5. The summed E-state index contributed by atoms with van der Waals surface area (Å²) < 4.78 is 11.1. The lowest BCUT2D eigenvalue weighted by Crippen LogP contribution is -1.78. The van der Waals surface area contributed by atoms with Crippen LogP contribution in [0.25, 0.3) is 33.3 Å². The Bertz CT molecular complexity index is 856. The van der Waals surface area contributed by atoms with Gasteiger partial charge in [0.2, 0.25) is 0 Å². The second-order valence-corrected chi connectivity index (χ2v) is 4.83. The fourth-order valence-electron chi connectivity index (χ4n) is 2.44. The van der Waals surface area contributed by atoms with E-state index in [4.69, 9.17) is 8.83 Å². The van der Waals surface area contributed by atoms with E-state index in [-0.39, 0.29) is 0 Å². The van der Waals surface area contributed by atoms with Crippen LogP contribution in [0.15, 0.2) is 45.2 Å². The highest BCUT2D eigenvalue weighted by molar-refractivity contribution is 5.84. The maximum Gasteiger partial charge on any atom is 0.192 e. The Hall–Kier alpha value is -2.62. The minimum absolute atomic E-state index is 0.679. The molecule has 98 valence electrons. The molecule has 4 rings (SSSR count). The van der Waals surface area contributed by atoms with Gasteiger partial charge in [-0.05, 0) is 35.4 Å². The Morgan fingerprint density at radius 2 is 1.35 bits per heavy atom. The van der Waals surface area contributed by atoms with E-state index in [9.17, 15) is 0 Å². The fraction of sp³-hybridized carbons (Fsp3) is 0.125. The lowest BCUT2D eigenvalue weighted by atomic mass is 10.0. The van der Waals surface area contributed by atoms with E-state index in [1.54, 1.807) is 0 Å². The summed E-state index contributed by atoms with van der Waals surface area (Å²) in [6.07, 6.45) is 0. The van der Waals surface area contributed by atoms with Crippen LogP contribution < -0.4 is 0 Å². The zero-order chi connectivity index (χ0) is 13.7.